The van der Waals surface area contributed by atoms with Crippen LogP contribution in [-0.4, -0.2) is 49.3 Å². The van der Waals surface area contributed by atoms with Gasteiger partial charge >= 0.3 is 19.8 Å². The molecule has 0 radical (unpaired) electrons. The molecule has 0 saturated heterocycles. The molecule has 2 atom stereocenters. The molecule has 0 aromatic carbocycles. The SMILES string of the molecule is CCCCCC/C=C\C/C=C\CCCCCCCC(=O)OCC(COP(=O)(O)OCCN)OC(=O)CCCCCCCCCCCCCCCCCCCCC/C=C\C/C=C\CCCCCCC. The zero-order valence-electron chi connectivity index (χ0n) is 44.3. The highest BCUT2D eigenvalue weighted by atomic mass is 31.2. The van der Waals surface area contributed by atoms with Crippen molar-refractivity contribution in [3.05, 3.63) is 48.6 Å². The highest BCUT2D eigenvalue weighted by Crippen LogP contribution is 2.43. The number of esters is 2. The van der Waals surface area contributed by atoms with Gasteiger partial charge in [-0.15, -0.1) is 0 Å². The second-order valence-electron chi connectivity index (χ2n) is 19.2. The average molecular weight is 978 g/mol. The predicted octanol–water partition coefficient (Wildman–Crippen LogP) is 17.8. The third kappa shape index (κ3) is 53.3. The topological polar surface area (TPSA) is 134 Å². The number of carbonyl (C=O) groups excluding carboxylic acids is 2. The standard InChI is InChI=1S/C58H108NO8P/c1-3-5-7-9-11-13-15-17-19-21-22-23-24-25-26-27-28-29-30-31-32-33-34-35-37-39-41-43-45-47-49-51-58(61)67-56(55-66-68(62,63)65-53-52-59)54-64-57(60)50-48-46-44-42-40-38-36-20-18-16-14-12-10-8-6-4-2/h14-17,20-22,36,56H,3-13,18-19,23-35,37-55,59H2,1-2H3,(H,62,63)/b16-14-,17-15-,22-21-,36-20-. The molecule has 0 aliphatic heterocycles. The van der Waals surface area contributed by atoms with Gasteiger partial charge in [-0.3, -0.25) is 18.6 Å². The Bertz CT molecular complexity index is 1250. The third-order valence-corrected chi connectivity index (χ3v) is 13.4. The largest absolute Gasteiger partial charge is 0.472 e. The van der Waals surface area contributed by atoms with Crippen LogP contribution in [0.1, 0.15) is 277 Å². The summed E-state index contributed by atoms with van der Waals surface area (Å²) in [6.45, 7) is 3.73. The van der Waals surface area contributed by atoms with Gasteiger partial charge < -0.3 is 20.1 Å². The lowest BCUT2D eigenvalue weighted by Gasteiger charge is -2.19. The lowest BCUT2D eigenvalue weighted by molar-refractivity contribution is -0.161. The monoisotopic (exact) mass is 978 g/mol. The number of carbonyl (C=O) groups is 2. The zero-order valence-corrected chi connectivity index (χ0v) is 45.2. The van der Waals surface area contributed by atoms with Crippen LogP contribution >= 0.6 is 7.82 Å². The van der Waals surface area contributed by atoms with E-state index in [2.05, 4.69) is 62.5 Å². The van der Waals surface area contributed by atoms with Gasteiger partial charge in [0.25, 0.3) is 0 Å². The van der Waals surface area contributed by atoms with E-state index < -0.39 is 32.5 Å². The first-order valence-electron chi connectivity index (χ1n) is 28.6. The summed E-state index contributed by atoms with van der Waals surface area (Å²) >= 11 is 0. The van der Waals surface area contributed by atoms with Crippen molar-refractivity contribution in [2.45, 2.75) is 283 Å². The summed E-state index contributed by atoms with van der Waals surface area (Å²) in [5.74, 6) is -0.834. The number of hydrogen-bond donors (Lipinski definition) is 2. The van der Waals surface area contributed by atoms with Crippen LogP contribution in [0.15, 0.2) is 48.6 Å². The Morgan fingerprint density at radius 3 is 1.13 bits per heavy atom. The molecule has 0 amide bonds. The minimum absolute atomic E-state index is 0.0516. The molecule has 0 rings (SSSR count). The molecule has 0 aliphatic rings. The van der Waals surface area contributed by atoms with Crippen LogP contribution in [-0.2, 0) is 32.7 Å². The Morgan fingerprint density at radius 2 is 0.765 bits per heavy atom. The molecule has 3 N–H and O–H groups in total. The van der Waals surface area contributed by atoms with Crippen LogP contribution in [0.2, 0.25) is 0 Å². The molecule has 10 heteroatoms. The second kappa shape index (κ2) is 54.3. The van der Waals surface area contributed by atoms with Gasteiger partial charge in [-0.25, -0.2) is 4.57 Å². The first-order valence-corrected chi connectivity index (χ1v) is 30.1. The van der Waals surface area contributed by atoms with Crippen molar-refractivity contribution in [3.8, 4) is 0 Å². The average Bonchev–Trinajstić information content (AvgIpc) is 3.33. The van der Waals surface area contributed by atoms with E-state index in [-0.39, 0.29) is 32.6 Å². The number of rotatable bonds is 54. The van der Waals surface area contributed by atoms with Gasteiger partial charge in [-0.1, -0.05) is 236 Å². The van der Waals surface area contributed by atoms with E-state index in [9.17, 15) is 19.0 Å². The smallest absolute Gasteiger partial charge is 0.462 e. The van der Waals surface area contributed by atoms with Crippen LogP contribution in [0, 0.1) is 0 Å². The van der Waals surface area contributed by atoms with Crippen molar-refractivity contribution >= 4 is 19.8 Å². The van der Waals surface area contributed by atoms with Gasteiger partial charge in [0.05, 0.1) is 13.2 Å². The van der Waals surface area contributed by atoms with Gasteiger partial charge in [0.15, 0.2) is 6.10 Å². The van der Waals surface area contributed by atoms with Crippen LogP contribution < -0.4 is 5.73 Å². The van der Waals surface area contributed by atoms with E-state index >= 15 is 0 Å². The molecule has 68 heavy (non-hydrogen) atoms. The van der Waals surface area contributed by atoms with Gasteiger partial charge in [0.1, 0.15) is 6.61 Å². The van der Waals surface area contributed by atoms with Crippen molar-refractivity contribution in [1.29, 1.82) is 0 Å². The molecule has 2 unspecified atom stereocenters. The first-order chi connectivity index (χ1) is 33.3. The number of unbranched alkanes of at least 4 members (excludes halogenated alkanes) is 33. The maximum absolute atomic E-state index is 12.7. The zero-order chi connectivity index (χ0) is 49.5. The molecule has 0 aromatic rings. The fourth-order valence-electron chi connectivity index (χ4n) is 8.17. The summed E-state index contributed by atoms with van der Waals surface area (Å²) in [6, 6.07) is 0. The molecular formula is C58H108NO8P. The second-order valence-corrected chi connectivity index (χ2v) is 20.6. The minimum Gasteiger partial charge on any atom is -0.462 e. The Kier molecular flexibility index (Phi) is 52.7. The maximum Gasteiger partial charge on any atom is 0.472 e. The highest BCUT2D eigenvalue weighted by Gasteiger charge is 2.26. The van der Waals surface area contributed by atoms with E-state index in [1.165, 1.54) is 180 Å². The van der Waals surface area contributed by atoms with Crippen LogP contribution in [0.4, 0.5) is 0 Å². The molecule has 0 saturated carbocycles. The van der Waals surface area contributed by atoms with E-state index in [1.807, 2.05) is 0 Å². The number of phosphoric acid groups is 1. The Morgan fingerprint density at radius 1 is 0.441 bits per heavy atom. The summed E-state index contributed by atoms with van der Waals surface area (Å²) in [5.41, 5.74) is 5.37. The van der Waals surface area contributed by atoms with Crippen molar-refractivity contribution < 1.29 is 37.6 Å². The van der Waals surface area contributed by atoms with Crippen molar-refractivity contribution in [2.24, 2.45) is 5.73 Å². The van der Waals surface area contributed by atoms with E-state index in [0.29, 0.717) is 6.42 Å². The molecule has 0 spiro atoms. The molecule has 0 fully saturated rings. The normalized spacial score (nSPS) is 13.4. The quantitative estimate of drug-likeness (QED) is 0.0264. The summed E-state index contributed by atoms with van der Waals surface area (Å²) < 4.78 is 33.0. The van der Waals surface area contributed by atoms with Gasteiger partial charge in [0.2, 0.25) is 0 Å². The van der Waals surface area contributed by atoms with Crippen LogP contribution in [0.25, 0.3) is 0 Å². The number of phosphoric ester groups is 1. The summed E-state index contributed by atoms with van der Waals surface area (Å²) in [7, 11) is -4.39. The summed E-state index contributed by atoms with van der Waals surface area (Å²) in [5, 5.41) is 0. The Labute approximate surface area is 419 Å². The Balaban J connectivity index is 3.90. The fraction of sp³-hybridized carbons (Fsp3) is 0.828. The Hall–Kier alpha value is -2.03. The lowest BCUT2D eigenvalue weighted by Crippen LogP contribution is -2.29. The fourth-order valence-corrected chi connectivity index (χ4v) is 8.93. The first kappa shape index (κ1) is 66.0. The van der Waals surface area contributed by atoms with E-state index in [1.54, 1.807) is 0 Å². The molecule has 0 bridgehead atoms. The predicted molar refractivity (Wildman–Crippen MR) is 289 cm³/mol. The van der Waals surface area contributed by atoms with Crippen LogP contribution in [0.3, 0.4) is 0 Å². The number of hydrogen-bond acceptors (Lipinski definition) is 8. The van der Waals surface area contributed by atoms with E-state index in [4.69, 9.17) is 24.3 Å². The molecular weight excluding hydrogens is 870 g/mol. The molecule has 0 aliphatic carbocycles. The molecule has 0 aromatic heterocycles. The van der Waals surface area contributed by atoms with Crippen molar-refractivity contribution in [1.82, 2.24) is 0 Å². The number of nitrogens with two attached hydrogens (primary N) is 1. The minimum atomic E-state index is -4.39. The van der Waals surface area contributed by atoms with Gasteiger partial charge in [-0.2, -0.15) is 0 Å². The van der Waals surface area contributed by atoms with Crippen molar-refractivity contribution in [2.75, 3.05) is 26.4 Å². The van der Waals surface area contributed by atoms with Gasteiger partial charge in [-0.05, 0) is 77.0 Å². The number of ether oxygens (including phenoxy) is 2. The van der Waals surface area contributed by atoms with Crippen molar-refractivity contribution in [3.63, 3.8) is 0 Å². The van der Waals surface area contributed by atoms with Crippen LogP contribution in [0.5, 0.6) is 0 Å². The lowest BCUT2D eigenvalue weighted by atomic mass is 10.0. The highest BCUT2D eigenvalue weighted by molar-refractivity contribution is 7.47. The van der Waals surface area contributed by atoms with Gasteiger partial charge in [0, 0.05) is 19.4 Å². The molecule has 0 heterocycles. The molecule has 9 nitrogen and oxygen atoms in total. The number of allylic oxidation sites excluding steroid dienone is 8. The maximum atomic E-state index is 12.7. The summed E-state index contributed by atoms with van der Waals surface area (Å²) in [6.07, 6.45) is 66.0. The third-order valence-electron chi connectivity index (χ3n) is 12.4. The van der Waals surface area contributed by atoms with E-state index in [0.717, 1.165) is 64.2 Å². The summed E-state index contributed by atoms with van der Waals surface area (Å²) in [4.78, 5) is 35.1. The molecule has 398 valence electrons.